The first-order chi connectivity index (χ1) is 7.59. The summed E-state index contributed by atoms with van der Waals surface area (Å²) in [4.78, 5) is 0. The van der Waals surface area contributed by atoms with Crippen LogP contribution in [0, 0.1) is 30.1 Å². The molecule has 1 aromatic rings. The van der Waals surface area contributed by atoms with Crippen LogP contribution in [0.3, 0.4) is 0 Å². The molecule has 88 valence electrons. The maximum absolute atomic E-state index is 4.43. The van der Waals surface area contributed by atoms with Crippen molar-refractivity contribution in [2.45, 2.75) is 46.6 Å². The van der Waals surface area contributed by atoms with Crippen LogP contribution in [-0.4, -0.2) is 9.78 Å². The van der Waals surface area contributed by atoms with Crippen molar-refractivity contribution in [3.05, 3.63) is 18.0 Å². The fraction of sp³-hybridized carbons (Fsp3) is 0.786. The predicted molar refractivity (Wildman–Crippen MR) is 65.1 cm³/mol. The summed E-state index contributed by atoms with van der Waals surface area (Å²) in [6.45, 7) is 8.23. The van der Waals surface area contributed by atoms with Crippen LogP contribution in [-0.2, 0) is 6.54 Å². The van der Waals surface area contributed by atoms with Crippen molar-refractivity contribution in [2.24, 2.45) is 23.2 Å². The highest BCUT2D eigenvalue weighted by Crippen LogP contribution is 2.61. The molecule has 2 heteroatoms. The van der Waals surface area contributed by atoms with Gasteiger partial charge in [-0.2, -0.15) is 5.10 Å². The summed E-state index contributed by atoms with van der Waals surface area (Å²) in [6.07, 6.45) is 6.25. The molecule has 16 heavy (non-hydrogen) atoms. The second kappa shape index (κ2) is 3.35. The molecule has 2 nitrogen and oxygen atoms in total. The van der Waals surface area contributed by atoms with Gasteiger partial charge < -0.3 is 0 Å². The number of aromatic nitrogens is 2. The number of aryl methyl sites for hydroxylation is 1. The molecule has 3 aliphatic rings. The minimum Gasteiger partial charge on any atom is -0.270 e. The van der Waals surface area contributed by atoms with E-state index in [0.29, 0.717) is 5.41 Å². The van der Waals surface area contributed by atoms with Crippen molar-refractivity contribution in [1.29, 1.82) is 0 Å². The molecule has 0 aliphatic heterocycles. The molecular formula is C14H22N2. The zero-order valence-corrected chi connectivity index (χ0v) is 10.6. The summed E-state index contributed by atoms with van der Waals surface area (Å²) in [5.41, 5.74) is 1.91. The molecule has 0 unspecified atom stereocenters. The van der Waals surface area contributed by atoms with Gasteiger partial charge in [0, 0.05) is 18.4 Å². The van der Waals surface area contributed by atoms with Crippen molar-refractivity contribution in [1.82, 2.24) is 9.78 Å². The molecule has 0 amide bonds. The van der Waals surface area contributed by atoms with E-state index in [1.807, 2.05) is 6.20 Å². The first-order valence-electron chi connectivity index (χ1n) is 6.57. The Morgan fingerprint density at radius 1 is 1.44 bits per heavy atom. The summed E-state index contributed by atoms with van der Waals surface area (Å²) < 4.78 is 2.19. The number of fused-ring (bicyclic) bond motifs is 2. The number of rotatable bonds is 2. The lowest BCUT2D eigenvalue weighted by atomic mass is 9.45. The lowest BCUT2D eigenvalue weighted by Gasteiger charge is -2.60. The molecule has 0 saturated heterocycles. The Kier molecular flexibility index (Phi) is 2.17. The SMILES string of the molecule is Cc1ccnn1C[C@@H]1CC[C@H]2C[C@@H]1C2(C)C. The molecule has 0 radical (unpaired) electrons. The maximum atomic E-state index is 4.43. The number of nitrogens with zero attached hydrogens (tertiary/aromatic N) is 2. The van der Waals surface area contributed by atoms with E-state index in [-0.39, 0.29) is 0 Å². The lowest BCUT2D eigenvalue weighted by molar-refractivity contribution is -0.109. The van der Waals surface area contributed by atoms with Gasteiger partial charge in [0.2, 0.25) is 0 Å². The minimum atomic E-state index is 0.601. The highest BCUT2D eigenvalue weighted by molar-refractivity contribution is 5.04. The molecule has 4 rings (SSSR count). The van der Waals surface area contributed by atoms with Gasteiger partial charge in [0.05, 0.1) is 0 Å². The van der Waals surface area contributed by atoms with Gasteiger partial charge in [0.1, 0.15) is 0 Å². The van der Waals surface area contributed by atoms with Crippen LogP contribution in [0.15, 0.2) is 12.3 Å². The van der Waals surface area contributed by atoms with E-state index in [4.69, 9.17) is 0 Å². The maximum Gasteiger partial charge on any atom is 0.0492 e. The average Bonchev–Trinajstić information content (AvgIpc) is 2.64. The molecule has 0 N–H and O–H groups in total. The lowest BCUT2D eigenvalue weighted by Crippen LogP contribution is -2.53. The molecule has 1 heterocycles. The topological polar surface area (TPSA) is 17.8 Å². The van der Waals surface area contributed by atoms with E-state index in [1.165, 1.54) is 25.0 Å². The zero-order valence-electron chi connectivity index (χ0n) is 10.6. The van der Waals surface area contributed by atoms with Crippen molar-refractivity contribution >= 4 is 0 Å². The van der Waals surface area contributed by atoms with Gasteiger partial charge in [-0.3, -0.25) is 4.68 Å². The molecule has 3 saturated carbocycles. The number of hydrogen-bond donors (Lipinski definition) is 0. The predicted octanol–water partition coefficient (Wildman–Crippen LogP) is 3.26. The second-order valence-electron chi connectivity index (χ2n) is 6.35. The fourth-order valence-electron chi connectivity index (χ4n) is 3.99. The van der Waals surface area contributed by atoms with Gasteiger partial charge in [-0.25, -0.2) is 0 Å². The smallest absolute Gasteiger partial charge is 0.0492 e. The molecule has 0 aromatic carbocycles. The minimum absolute atomic E-state index is 0.601. The van der Waals surface area contributed by atoms with Gasteiger partial charge in [0.15, 0.2) is 0 Å². The monoisotopic (exact) mass is 218 g/mol. The van der Waals surface area contributed by atoms with Crippen LogP contribution in [0.25, 0.3) is 0 Å². The van der Waals surface area contributed by atoms with Crippen LogP contribution < -0.4 is 0 Å². The van der Waals surface area contributed by atoms with Gasteiger partial charge >= 0.3 is 0 Å². The summed E-state index contributed by atoms with van der Waals surface area (Å²) in [6, 6.07) is 2.11. The third-order valence-corrected chi connectivity index (χ3v) is 5.34. The van der Waals surface area contributed by atoms with Gasteiger partial charge in [-0.05, 0) is 55.4 Å². The van der Waals surface area contributed by atoms with E-state index in [9.17, 15) is 0 Å². The standard InChI is InChI=1S/C14H22N2/c1-10-6-7-15-16(10)9-11-4-5-12-8-13(11)14(12,2)3/h6-7,11-13H,4-5,8-9H2,1-3H3/t11-,12-,13-/m0/s1. The van der Waals surface area contributed by atoms with E-state index in [0.717, 1.165) is 24.3 Å². The van der Waals surface area contributed by atoms with E-state index in [1.54, 1.807) is 0 Å². The van der Waals surface area contributed by atoms with Crippen LogP contribution in [0.5, 0.6) is 0 Å². The van der Waals surface area contributed by atoms with E-state index in [2.05, 4.69) is 36.6 Å². The number of hydrogen-bond acceptors (Lipinski definition) is 1. The van der Waals surface area contributed by atoms with Crippen molar-refractivity contribution in [3.8, 4) is 0 Å². The first-order valence-corrected chi connectivity index (χ1v) is 6.57. The van der Waals surface area contributed by atoms with Crippen molar-refractivity contribution in [2.75, 3.05) is 0 Å². The Morgan fingerprint density at radius 3 is 2.81 bits per heavy atom. The third kappa shape index (κ3) is 1.35. The summed E-state index contributed by atoms with van der Waals surface area (Å²) >= 11 is 0. The molecule has 0 spiro atoms. The zero-order chi connectivity index (χ0) is 11.3. The molecule has 3 atom stereocenters. The largest absolute Gasteiger partial charge is 0.270 e. The van der Waals surface area contributed by atoms with E-state index < -0.39 is 0 Å². The van der Waals surface area contributed by atoms with Crippen LogP contribution in [0.4, 0.5) is 0 Å². The quantitative estimate of drug-likeness (QED) is 0.745. The van der Waals surface area contributed by atoms with Gasteiger partial charge in [-0.15, -0.1) is 0 Å². The normalized spacial score (nSPS) is 35.8. The van der Waals surface area contributed by atoms with Gasteiger partial charge in [-0.1, -0.05) is 13.8 Å². The second-order valence-corrected chi connectivity index (χ2v) is 6.35. The third-order valence-electron chi connectivity index (χ3n) is 5.34. The highest BCUT2D eigenvalue weighted by atomic mass is 15.3. The Balaban J connectivity index is 1.75. The average molecular weight is 218 g/mol. The fourth-order valence-corrected chi connectivity index (χ4v) is 3.99. The van der Waals surface area contributed by atoms with Gasteiger partial charge in [0.25, 0.3) is 0 Å². The Morgan fingerprint density at radius 2 is 2.25 bits per heavy atom. The molecular weight excluding hydrogens is 196 g/mol. The molecule has 3 aliphatic carbocycles. The summed E-state index contributed by atoms with van der Waals surface area (Å²) in [5.74, 6) is 2.81. The molecule has 1 aromatic heterocycles. The summed E-state index contributed by atoms with van der Waals surface area (Å²) in [7, 11) is 0. The Labute approximate surface area is 98.0 Å². The molecule has 3 fully saturated rings. The summed E-state index contributed by atoms with van der Waals surface area (Å²) in [5, 5.41) is 4.43. The van der Waals surface area contributed by atoms with Crippen LogP contribution in [0.2, 0.25) is 0 Å². The Hall–Kier alpha value is -0.790. The highest BCUT2D eigenvalue weighted by Gasteiger charge is 2.54. The molecule has 2 bridgehead atoms. The van der Waals surface area contributed by atoms with Crippen molar-refractivity contribution in [3.63, 3.8) is 0 Å². The van der Waals surface area contributed by atoms with Crippen LogP contribution >= 0.6 is 0 Å². The van der Waals surface area contributed by atoms with Crippen molar-refractivity contribution < 1.29 is 0 Å². The van der Waals surface area contributed by atoms with Crippen LogP contribution in [0.1, 0.15) is 38.8 Å². The first kappa shape index (κ1) is 10.4. The van der Waals surface area contributed by atoms with E-state index >= 15 is 0 Å². The Bertz CT molecular complexity index is 389.